The lowest BCUT2D eigenvalue weighted by Crippen LogP contribution is -2.28. The highest BCUT2D eigenvalue weighted by atomic mass is 32.1. The third kappa shape index (κ3) is 6.06. The van der Waals surface area contributed by atoms with E-state index in [4.69, 9.17) is 9.47 Å². The first-order chi connectivity index (χ1) is 17.6. The van der Waals surface area contributed by atoms with Crippen LogP contribution in [0.1, 0.15) is 95.0 Å². The van der Waals surface area contributed by atoms with Crippen LogP contribution in [0, 0.1) is 5.41 Å². The minimum absolute atomic E-state index is 0.0942. The molecule has 2 aromatic rings. The molecule has 4 rings (SSSR count). The molecule has 8 nitrogen and oxygen atoms in total. The van der Waals surface area contributed by atoms with Crippen molar-refractivity contribution in [3.63, 3.8) is 0 Å². The van der Waals surface area contributed by atoms with Gasteiger partial charge < -0.3 is 20.1 Å². The molecule has 2 aliphatic carbocycles. The van der Waals surface area contributed by atoms with Gasteiger partial charge in [0.15, 0.2) is 0 Å². The number of hydrogen-bond acceptors (Lipinski definition) is 8. The van der Waals surface area contributed by atoms with Crippen molar-refractivity contribution in [3.05, 3.63) is 32.0 Å². The van der Waals surface area contributed by atoms with Crippen molar-refractivity contribution in [3.8, 4) is 0 Å². The number of nitrogens with one attached hydrogen (secondary N) is 2. The molecule has 0 aromatic carbocycles. The molecule has 37 heavy (non-hydrogen) atoms. The van der Waals surface area contributed by atoms with Crippen LogP contribution in [0.15, 0.2) is 0 Å². The third-order valence-corrected chi connectivity index (χ3v) is 9.00. The van der Waals surface area contributed by atoms with Crippen LogP contribution in [-0.4, -0.2) is 37.0 Å². The number of hydrogen-bond donors (Lipinski definition) is 2. The van der Waals surface area contributed by atoms with Gasteiger partial charge in [0.05, 0.1) is 24.3 Å². The summed E-state index contributed by atoms with van der Waals surface area (Å²) in [7, 11) is 0. The molecule has 0 radical (unpaired) electrons. The maximum atomic E-state index is 13.0. The lowest BCUT2D eigenvalue weighted by molar-refractivity contribution is -0.120. The summed E-state index contributed by atoms with van der Waals surface area (Å²) in [6.45, 7) is 7.76. The molecular weight excluding hydrogens is 512 g/mol. The topological polar surface area (TPSA) is 111 Å². The molecule has 0 fully saturated rings. The number of carbonyl (C=O) groups excluding carboxylic acids is 4. The summed E-state index contributed by atoms with van der Waals surface area (Å²) in [6, 6.07) is 0. The van der Waals surface area contributed by atoms with Crippen LogP contribution in [0.5, 0.6) is 0 Å². The van der Waals surface area contributed by atoms with Gasteiger partial charge in [-0.05, 0) is 68.9 Å². The van der Waals surface area contributed by atoms with Crippen LogP contribution in [0.2, 0.25) is 0 Å². The van der Waals surface area contributed by atoms with Crippen LogP contribution in [0.4, 0.5) is 10.0 Å². The fourth-order valence-corrected chi connectivity index (χ4v) is 7.68. The molecule has 0 aliphatic heterocycles. The molecule has 10 heteroatoms. The van der Waals surface area contributed by atoms with E-state index in [2.05, 4.69) is 10.6 Å². The second kappa shape index (κ2) is 11.3. The molecule has 200 valence electrons. The predicted octanol–water partition coefficient (Wildman–Crippen LogP) is 5.52. The number of rotatable bonds is 10. The average molecular weight is 547 g/mol. The third-order valence-electron chi connectivity index (χ3n) is 6.59. The molecule has 2 heterocycles. The summed E-state index contributed by atoms with van der Waals surface area (Å²) in [5.74, 6) is -1.33. The van der Waals surface area contributed by atoms with Crippen LogP contribution >= 0.6 is 22.7 Å². The van der Waals surface area contributed by atoms with Gasteiger partial charge in [-0.25, -0.2) is 9.59 Å². The van der Waals surface area contributed by atoms with E-state index in [-0.39, 0.29) is 37.9 Å². The Bertz CT molecular complexity index is 1130. The van der Waals surface area contributed by atoms with E-state index >= 15 is 0 Å². The predicted molar refractivity (Wildman–Crippen MR) is 145 cm³/mol. The van der Waals surface area contributed by atoms with Gasteiger partial charge in [-0.3, -0.25) is 9.59 Å². The van der Waals surface area contributed by atoms with Gasteiger partial charge in [-0.15, -0.1) is 22.7 Å². The maximum Gasteiger partial charge on any atom is 0.341 e. The summed E-state index contributed by atoms with van der Waals surface area (Å²) in [5, 5.41) is 6.88. The summed E-state index contributed by atoms with van der Waals surface area (Å²) in [4.78, 5) is 53.4. The van der Waals surface area contributed by atoms with E-state index < -0.39 is 17.4 Å². The van der Waals surface area contributed by atoms with Crippen molar-refractivity contribution in [2.24, 2.45) is 5.41 Å². The largest absolute Gasteiger partial charge is 0.462 e. The molecule has 2 N–H and O–H groups in total. The molecular formula is C27H34N2O6S2. The van der Waals surface area contributed by atoms with Crippen molar-refractivity contribution < 1.29 is 28.7 Å². The minimum Gasteiger partial charge on any atom is -0.462 e. The monoisotopic (exact) mass is 546 g/mol. The Kier molecular flexibility index (Phi) is 8.38. The lowest BCUT2D eigenvalue weighted by atomic mass is 9.85. The first kappa shape index (κ1) is 27.3. The molecule has 2 amide bonds. The van der Waals surface area contributed by atoms with Crippen molar-refractivity contribution in [2.75, 3.05) is 23.8 Å². The summed E-state index contributed by atoms with van der Waals surface area (Å²) < 4.78 is 10.5. The van der Waals surface area contributed by atoms with Crippen LogP contribution in [0.25, 0.3) is 0 Å². The van der Waals surface area contributed by atoms with Crippen molar-refractivity contribution in [1.82, 2.24) is 0 Å². The number of aryl methyl sites for hydroxylation is 2. The van der Waals surface area contributed by atoms with Gasteiger partial charge in [-0.1, -0.05) is 13.8 Å². The van der Waals surface area contributed by atoms with Gasteiger partial charge in [0.25, 0.3) is 0 Å². The molecule has 0 spiro atoms. The fraction of sp³-hybridized carbons (Fsp3) is 0.556. The zero-order chi connectivity index (χ0) is 26.7. The zero-order valence-corrected chi connectivity index (χ0v) is 23.5. The first-order valence-corrected chi connectivity index (χ1v) is 14.5. The number of fused-ring (bicyclic) bond motifs is 2. The van der Waals surface area contributed by atoms with E-state index in [1.165, 1.54) is 22.7 Å². The SMILES string of the molecule is CCOC(=O)c1c(NC(=O)CC(C)(C)CC(=O)Nc2sc3c(c2C(=O)OCC)CCC3)sc2c1CCC2. The highest BCUT2D eigenvalue weighted by molar-refractivity contribution is 7.17. The van der Waals surface area contributed by atoms with Gasteiger partial charge in [0.1, 0.15) is 10.0 Å². The van der Waals surface area contributed by atoms with Crippen molar-refractivity contribution >= 4 is 56.4 Å². The summed E-state index contributed by atoms with van der Waals surface area (Å²) in [5.41, 5.74) is 2.26. The normalized spacial score (nSPS) is 14.2. The van der Waals surface area contributed by atoms with Crippen LogP contribution in [0.3, 0.4) is 0 Å². The van der Waals surface area contributed by atoms with Crippen LogP contribution in [-0.2, 0) is 44.7 Å². The molecule has 0 saturated carbocycles. The number of thiophene rings is 2. The van der Waals surface area contributed by atoms with E-state index in [0.29, 0.717) is 21.1 Å². The Morgan fingerprint density at radius 3 is 1.51 bits per heavy atom. The van der Waals surface area contributed by atoms with Gasteiger partial charge >= 0.3 is 11.9 Å². The number of amides is 2. The average Bonchev–Trinajstić information content (AvgIpc) is 3.54. The van der Waals surface area contributed by atoms with Gasteiger partial charge in [-0.2, -0.15) is 0 Å². The number of ether oxygens (including phenoxy) is 2. The lowest BCUT2D eigenvalue weighted by Gasteiger charge is -2.23. The van der Waals surface area contributed by atoms with E-state index in [1.807, 2.05) is 13.8 Å². The van der Waals surface area contributed by atoms with Crippen molar-refractivity contribution in [1.29, 1.82) is 0 Å². The minimum atomic E-state index is -0.650. The molecule has 0 atom stereocenters. The Labute approximate surface area is 225 Å². The van der Waals surface area contributed by atoms with Crippen molar-refractivity contribution in [2.45, 2.75) is 79.1 Å². The highest BCUT2D eigenvalue weighted by Crippen LogP contribution is 2.41. The second-order valence-corrected chi connectivity index (χ2v) is 12.4. The number of anilines is 2. The van der Waals surface area contributed by atoms with E-state index in [0.717, 1.165) is 59.4 Å². The summed E-state index contributed by atoms with van der Waals surface area (Å²) in [6.07, 6.45) is 5.59. The Balaban J connectivity index is 1.41. The number of esters is 2. The molecule has 2 aliphatic rings. The molecule has 2 aromatic heterocycles. The summed E-state index contributed by atoms with van der Waals surface area (Å²) >= 11 is 2.88. The first-order valence-electron chi connectivity index (χ1n) is 12.9. The molecule has 0 saturated heterocycles. The Morgan fingerprint density at radius 1 is 0.730 bits per heavy atom. The van der Waals surface area contributed by atoms with Gasteiger partial charge in [0, 0.05) is 22.6 Å². The Hall–Kier alpha value is -2.72. The number of carbonyl (C=O) groups is 4. The van der Waals surface area contributed by atoms with Gasteiger partial charge in [0.2, 0.25) is 11.8 Å². The van der Waals surface area contributed by atoms with Crippen LogP contribution < -0.4 is 10.6 Å². The van der Waals surface area contributed by atoms with E-state index in [9.17, 15) is 19.2 Å². The smallest absolute Gasteiger partial charge is 0.341 e. The maximum absolute atomic E-state index is 13.0. The second-order valence-electron chi connectivity index (χ2n) is 10.2. The molecule has 0 unspecified atom stereocenters. The highest BCUT2D eigenvalue weighted by Gasteiger charge is 2.32. The van der Waals surface area contributed by atoms with E-state index in [1.54, 1.807) is 13.8 Å². The Morgan fingerprint density at radius 2 is 1.14 bits per heavy atom. The molecule has 0 bridgehead atoms. The standard InChI is InChI=1S/C27H34N2O6S2/c1-5-34-25(32)21-15-9-7-11-17(15)36-23(21)28-19(30)13-27(3,4)14-20(31)29-24-22(26(33)35-6-2)16-10-8-12-18(16)37-24/h5-14H2,1-4H3,(H,28,30)(H,29,31). The zero-order valence-electron chi connectivity index (χ0n) is 21.8. The quantitative estimate of drug-likeness (QED) is 0.380. The fourth-order valence-electron chi connectivity index (χ4n) is 5.10.